The molecule has 340 valence electrons. The molecule has 1 aliphatic rings. The Labute approximate surface area is 362 Å². The molecule has 17 nitrogen and oxygen atoms in total. The molecule has 62 heavy (non-hydrogen) atoms. The number of Topliss-reactive ketones (excluding diaryl/α,β-unsaturated/α-hetero) is 1. The van der Waals surface area contributed by atoms with E-state index >= 15 is 0 Å². The Hall–Kier alpha value is -5.07. The van der Waals surface area contributed by atoms with Crippen molar-refractivity contribution in [2.45, 2.75) is 110 Å². The van der Waals surface area contributed by atoms with E-state index in [1.54, 1.807) is 60.4 Å². The predicted molar refractivity (Wildman–Crippen MR) is 225 cm³/mol. The summed E-state index contributed by atoms with van der Waals surface area (Å²) in [7, 11) is 6.16. The maximum absolute atomic E-state index is 13.5. The second kappa shape index (κ2) is 24.0. The molecule has 0 spiro atoms. The monoisotopic (exact) mass is 866 g/mol. The first-order chi connectivity index (χ1) is 29.6. The quantitative estimate of drug-likeness (QED) is 0.128. The van der Waals surface area contributed by atoms with E-state index in [0.717, 1.165) is 0 Å². The molecule has 0 saturated carbocycles. The first-order valence-corrected chi connectivity index (χ1v) is 20.9. The van der Waals surface area contributed by atoms with Gasteiger partial charge in [-0.1, -0.05) is 52.8 Å². The third kappa shape index (κ3) is 13.7. The Morgan fingerprint density at radius 1 is 0.952 bits per heavy atom. The van der Waals surface area contributed by atoms with Gasteiger partial charge in [0.2, 0.25) is 24.1 Å². The van der Waals surface area contributed by atoms with Crippen LogP contribution in [0.3, 0.4) is 0 Å². The highest BCUT2D eigenvalue weighted by Gasteiger charge is 2.34. The minimum atomic E-state index is -1.15. The van der Waals surface area contributed by atoms with Gasteiger partial charge in [-0.25, -0.2) is 15.0 Å². The Kier molecular flexibility index (Phi) is 19.2. The van der Waals surface area contributed by atoms with Crippen LogP contribution in [0.2, 0.25) is 0 Å². The second-order valence-electron chi connectivity index (χ2n) is 16.1. The molecule has 0 aliphatic carbocycles. The minimum Gasteiger partial charge on any atom is -0.462 e. The maximum Gasteiger partial charge on any atom is 0.308 e. The number of rotatable bonds is 15. The number of aliphatic hydroxyl groups is 2. The van der Waals surface area contributed by atoms with Gasteiger partial charge in [-0.2, -0.15) is 0 Å². The summed E-state index contributed by atoms with van der Waals surface area (Å²) in [5.74, 6) is -2.71. The lowest BCUT2D eigenvalue weighted by Crippen LogP contribution is -2.39. The average Bonchev–Trinajstić information content (AvgIpc) is 4.06. The first-order valence-electron chi connectivity index (χ1n) is 20.9. The van der Waals surface area contributed by atoms with Gasteiger partial charge in [0.25, 0.3) is 0 Å². The number of hydrogen-bond donors (Lipinski definition) is 2. The molecule has 6 bridgehead atoms. The Morgan fingerprint density at radius 3 is 2.32 bits per heavy atom. The van der Waals surface area contributed by atoms with Crippen molar-refractivity contribution in [3.8, 4) is 23.2 Å². The van der Waals surface area contributed by atoms with Crippen molar-refractivity contribution in [2.24, 2.45) is 29.6 Å². The highest BCUT2D eigenvalue weighted by Crippen LogP contribution is 2.31. The molecule has 3 aromatic rings. The number of allylic oxidation sites excluding steroid dienone is 1. The number of aliphatic hydroxyl groups excluding tert-OH is 2. The van der Waals surface area contributed by atoms with Crippen LogP contribution >= 0.6 is 0 Å². The zero-order valence-corrected chi connectivity index (χ0v) is 37.0. The molecule has 4 rings (SSSR count). The Balaban J connectivity index is 1.54. The molecule has 1 aliphatic heterocycles. The van der Waals surface area contributed by atoms with Crippen molar-refractivity contribution in [1.82, 2.24) is 19.9 Å². The van der Waals surface area contributed by atoms with Crippen LogP contribution in [0.4, 0.5) is 0 Å². The molecule has 11 atom stereocenters. The Bertz CT molecular complexity index is 1980. The first kappa shape index (κ1) is 49.6. The van der Waals surface area contributed by atoms with Gasteiger partial charge in [-0.05, 0) is 37.3 Å². The van der Waals surface area contributed by atoms with Gasteiger partial charge >= 0.3 is 5.97 Å². The fourth-order valence-electron chi connectivity index (χ4n) is 7.28. The molecule has 0 unspecified atom stereocenters. The molecule has 17 heteroatoms. The summed E-state index contributed by atoms with van der Waals surface area (Å²) >= 11 is 0. The van der Waals surface area contributed by atoms with Crippen LogP contribution in [-0.2, 0) is 38.1 Å². The number of cyclic esters (lactones) is 1. The number of ether oxygens (including phenoxy) is 4. The van der Waals surface area contributed by atoms with Gasteiger partial charge < -0.3 is 47.3 Å². The average molecular weight is 867 g/mol. The smallest absolute Gasteiger partial charge is 0.308 e. The number of fused-ring (bicyclic) bond motifs is 8. The third-order valence-electron chi connectivity index (χ3n) is 11.5. The van der Waals surface area contributed by atoms with Crippen LogP contribution in [0.5, 0.6) is 0 Å². The molecule has 1 amide bonds. The normalized spacial score (nSPS) is 24.4. The van der Waals surface area contributed by atoms with Gasteiger partial charge in [0, 0.05) is 65.2 Å². The van der Waals surface area contributed by atoms with Crippen LogP contribution in [0.25, 0.3) is 29.2 Å². The molecule has 2 N–H and O–H groups in total. The number of ketones is 2. The summed E-state index contributed by atoms with van der Waals surface area (Å²) in [6.45, 7) is 9.01. The summed E-state index contributed by atoms with van der Waals surface area (Å²) in [5, 5.41) is 21.7. The fraction of sp³-hybridized carbons (Fsp3) is 0.578. The van der Waals surface area contributed by atoms with Crippen LogP contribution < -0.4 is 0 Å². The van der Waals surface area contributed by atoms with E-state index in [4.69, 9.17) is 32.2 Å². The number of nitrogens with zero attached hydrogens (tertiary/aromatic N) is 4. The summed E-state index contributed by atoms with van der Waals surface area (Å²) < 4.78 is 40.6. The van der Waals surface area contributed by atoms with E-state index in [1.165, 1.54) is 43.0 Å². The molecular formula is C45H62N4O13. The Morgan fingerprint density at radius 2 is 1.63 bits per heavy atom. The highest BCUT2D eigenvalue weighted by molar-refractivity contribution is 5.92. The van der Waals surface area contributed by atoms with Crippen molar-refractivity contribution >= 4 is 30.0 Å². The molecule has 3 aromatic heterocycles. The van der Waals surface area contributed by atoms with E-state index in [1.807, 2.05) is 19.9 Å². The van der Waals surface area contributed by atoms with Crippen LogP contribution in [0, 0.1) is 29.6 Å². The number of carbonyl (C=O) groups excluding carboxylic acids is 4. The predicted octanol–water partition coefficient (Wildman–Crippen LogP) is 6.18. The van der Waals surface area contributed by atoms with Gasteiger partial charge in [-0.3, -0.25) is 19.2 Å². The number of carbonyl (C=O) groups is 4. The maximum atomic E-state index is 13.5. The lowest BCUT2D eigenvalue weighted by molar-refractivity contribution is -0.159. The zero-order chi connectivity index (χ0) is 45.5. The largest absolute Gasteiger partial charge is 0.462 e. The summed E-state index contributed by atoms with van der Waals surface area (Å²) in [4.78, 5) is 65.6. The molecule has 0 radical (unpaired) electrons. The second-order valence-corrected chi connectivity index (χ2v) is 16.1. The van der Waals surface area contributed by atoms with Crippen molar-refractivity contribution < 1.29 is 61.6 Å². The molecule has 0 saturated heterocycles. The molecule has 4 heterocycles. The van der Waals surface area contributed by atoms with Crippen molar-refractivity contribution in [3.05, 3.63) is 60.9 Å². The van der Waals surface area contributed by atoms with Crippen molar-refractivity contribution in [1.29, 1.82) is 0 Å². The SMILES string of the molecule is CO[C@H]1CC=Cc2nc(co2)-c2nc(co2)-c2nc(co2)[C@@H](OC)[C@@H](C)C(=O)C=CC[C@H](O)CC(=O)O[C@@H](C[C@H](OC)[C@@H](C)CCC(=O)[C@H](C)[C@H](O)[C@H](C)C=CN(C)C=O)[C@@H]1C. The fourth-order valence-corrected chi connectivity index (χ4v) is 7.28. The zero-order valence-electron chi connectivity index (χ0n) is 37.0. The molecule has 0 aromatic carbocycles. The third-order valence-corrected chi connectivity index (χ3v) is 11.5. The van der Waals surface area contributed by atoms with Crippen molar-refractivity contribution in [2.75, 3.05) is 28.4 Å². The van der Waals surface area contributed by atoms with Gasteiger partial charge in [0.05, 0.1) is 36.8 Å². The number of hydrogen-bond acceptors (Lipinski definition) is 16. The summed E-state index contributed by atoms with van der Waals surface area (Å²) in [6, 6.07) is 0. The van der Waals surface area contributed by atoms with E-state index in [2.05, 4.69) is 15.0 Å². The van der Waals surface area contributed by atoms with Crippen LogP contribution in [0.15, 0.2) is 62.5 Å². The minimum absolute atomic E-state index is 0.00560. The van der Waals surface area contributed by atoms with Crippen LogP contribution in [-0.4, -0.2) is 113 Å². The molecule has 0 fully saturated rings. The topological polar surface area (TPSA) is 227 Å². The number of oxazole rings is 3. The van der Waals surface area contributed by atoms with E-state index in [-0.39, 0.29) is 72.7 Å². The number of aromatic nitrogens is 3. The highest BCUT2D eigenvalue weighted by atomic mass is 16.6. The molecular weight excluding hydrogens is 805 g/mol. The summed E-state index contributed by atoms with van der Waals surface area (Å²) in [6.07, 6.45) is 10.8. The van der Waals surface area contributed by atoms with E-state index in [9.17, 15) is 29.4 Å². The summed E-state index contributed by atoms with van der Waals surface area (Å²) in [5.41, 5.74) is 0.995. The number of esters is 1. The number of amides is 1. The standard InChI is InChI=1S/C45H62N4O13/c1-26(16-17-36(53)28(3)42(55)27(2)18-19-49(6)25-50)38(57-8)21-39-30(5)37(56-7)14-11-15-40-46-33(23-59-40)44-48-34(24-61-44)45-47-32(22-60-45)43(58-9)29(4)35(52)13-10-12-31(51)20-41(54)62-39/h10-11,13,15,18-19,22-31,37-39,42-43,51,55H,12,14,16-17,20-21H2,1-9H3/t26-,27+,28-,29-,30+,31-,37-,38-,39-,42+,43-/m0/s1. The lowest BCUT2D eigenvalue weighted by atomic mass is 9.84. The van der Waals surface area contributed by atoms with Gasteiger partial charge in [0.1, 0.15) is 42.5 Å². The van der Waals surface area contributed by atoms with Gasteiger partial charge in [-0.15, -0.1) is 0 Å². The number of methoxy groups -OCH3 is 3. The van der Waals surface area contributed by atoms with Gasteiger partial charge in [0.15, 0.2) is 17.2 Å². The van der Waals surface area contributed by atoms with Crippen LogP contribution in [0.1, 0.15) is 90.8 Å². The van der Waals surface area contributed by atoms with E-state index < -0.39 is 54.4 Å². The lowest BCUT2D eigenvalue weighted by Gasteiger charge is -2.33. The van der Waals surface area contributed by atoms with Crippen molar-refractivity contribution in [3.63, 3.8) is 0 Å². The van der Waals surface area contributed by atoms with E-state index in [0.29, 0.717) is 36.3 Å².